The van der Waals surface area contributed by atoms with Crippen LogP contribution in [0.3, 0.4) is 0 Å². The summed E-state index contributed by atoms with van der Waals surface area (Å²) in [7, 11) is 0. The lowest BCUT2D eigenvalue weighted by Crippen LogP contribution is -2.50. The zero-order valence-electron chi connectivity index (χ0n) is 10.9. The molecule has 0 aromatic rings. The molecule has 0 spiro atoms. The van der Waals surface area contributed by atoms with Crippen molar-refractivity contribution in [2.24, 2.45) is 11.3 Å². The smallest absolute Gasteiger partial charge is 0.230 e. The predicted octanol–water partition coefficient (Wildman–Crippen LogP) is 0.605. The molecule has 1 amide bonds. The molecule has 1 saturated heterocycles. The predicted molar refractivity (Wildman–Crippen MR) is 66.6 cm³/mol. The van der Waals surface area contributed by atoms with E-state index in [1.165, 1.54) is 0 Å². The first kappa shape index (κ1) is 12.8. The van der Waals surface area contributed by atoms with E-state index in [9.17, 15) is 4.79 Å². The van der Waals surface area contributed by atoms with E-state index >= 15 is 0 Å². The summed E-state index contributed by atoms with van der Waals surface area (Å²) < 4.78 is 0. The molecule has 98 valence electrons. The first-order valence-electron chi connectivity index (χ1n) is 6.74. The third kappa shape index (κ3) is 2.33. The molecule has 4 nitrogen and oxygen atoms in total. The van der Waals surface area contributed by atoms with Crippen LogP contribution < -0.4 is 5.32 Å². The van der Waals surface area contributed by atoms with Crippen molar-refractivity contribution < 1.29 is 9.90 Å². The van der Waals surface area contributed by atoms with E-state index in [4.69, 9.17) is 5.11 Å². The van der Waals surface area contributed by atoms with Crippen molar-refractivity contribution in [1.29, 1.82) is 0 Å². The Balaban J connectivity index is 2.14. The molecule has 1 aliphatic heterocycles. The summed E-state index contributed by atoms with van der Waals surface area (Å²) in [4.78, 5) is 14.7. The van der Waals surface area contributed by atoms with Gasteiger partial charge in [-0.1, -0.05) is 13.8 Å². The summed E-state index contributed by atoms with van der Waals surface area (Å²) in [5, 5.41) is 12.4. The van der Waals surface area contributed by atoms with Crippen LogP contribution in [0.2, 0.25) is 0 Å². The van der Waals surface area contributed by atoms with Gasteiger partial charge >= 0.3 is 0 Å². The van der Waals surface area contributed by atoms with Gasteiger partial charge in [0, 0.05) is 19.1 Å². The first-order chi connectivity index (χ1) is 8.12. The van der Waals surface area contributed by atoms with Crippen LogP contribution in [-0.4, -0.2) is 48.2 Å². The van der Waals surface area contributed by atoms with Gasteiger partial charge in [0.15, 0.2) is 0 Å². The summed E-state index contributed by atoms with van der Waals surface area (Å²) in [5.41, 5.74) is -0.238. The molecule has 2 N–H and O–H groups in total. The molecule has 1 aliphatic carbocycles. The Kier molecular flexibility index (Phi) is 3.73. The number of nitrogens with one attached hydrogen (secondary N) is 1. The Labute approximate surface area is 103 Å². The minimum Gasteiger partial charge on any atom is -0.395 e. The summed E-state index contributed by atoms with van der Waals surface area (Å²) in [6, 6.07) is 0.394. The minimum absolute atomic E-state index is 0.0733. The van der Waals surface area contributed by atoms with Gasteiger partial charge in [0.2, 0.25) is 5.91 Å². The Hall–Kier alpha value is -0.610. The number of aliphatic hydroxyl groups excluding tert-OH is 1. The molecule has 2 fully saturated rings. The quantitative estimate of drug-likeness (QED) is 0.740. The molecule has 1 atom stereocenters. The van der Waals surface area contributed by atoms with Crippen LogP contribution in [0.15, 0.2) is 0 Å². The van der Waals surface area contributed by atoms with Gasteiger partial charge in [-0.2, -0.15) is 0 Å². The van der Waals surface area contributed by atoms with E-state index in [1.54, 1.807) is 0 Å². The van der Waals surface area contributed by atoms with Gasteiger partial charge in [-0.15, -0.1) is 0 Å². The standard InChI is InChI=1S/C13H24N2O2/c1-10(2)13(5-6-14-9-13)12(17)15(7-8-16)11-3-4-11/h10-11,14,16H,3-9H2,1-2H3. The number of nitrogens with zero attached hydrogens (tertiary/aromatic N) is 1. The van der Waals surface area contributed by atoms with Crippen LogP contribution in [0.25, 0.3) is 0 Å². The summed E-state index contributed by atoms with van der Waals surface area (Å²) in [6.07, 6.45) is 3.14. The largest absolute Gasteiger partial charge is 0.395 e. The van der Waals surface area contributed by atoms with Gasteiger partial charge in [-0.3, -0.25) is 4.79 Å². The topological polar surface area (TPSA) is 52.6 Å². The van der Waals surface area contributed by atoms with Crippen molar-refractivity contribution in [3.05, 3.63) is 0 Å². The van der Waals surface area contributed by atoms with Crippen molar-refractivity contribution in [3.63, 3.8) is 0 Å². The highest BCUT2D eigenvalue weighted by molar-refractivity contribution is 5.84. The fraction of sp³-hybridized carbons (Fsp3) is 0.923. The average Bonchev–Trinajstić information content (AvgIpc) is 3.00. The molecule has 1 heterocycles. The molecular weight excluding hydrogens is 216 g/mol. The van der Waals surface area contributed by atoms with Gasteiger partial charge in [-0.05, 0) is 31.7 Å². The molecule has 2 aliphatic rings. The maximum absolute atomic E-state index is 12.8. The number of amides is 1. The summed E-state index contributed by atoms with van der Waals surface area (Å²) in [6.45, 7) is 6.56. The lowest BCUT2D eigenvalue weighted by Gasteiger charge is -2.36. The van der Waals surface area contributed by atoms with Crippen LogP contribution >= 0.6 is 0 Å². The van der Waals surface area contributed by atoms with E-state index in [1.807, 2.05) is 4.90 Å². The summed E-state index contributed by atoms with van der Waals surface area (Å²) >= 11 is 0. The molecule has 0 aromatic carbocycles. The van der Waals surface area contributed by atoms with Gasteiger partial charge < -0.3 is 15.3 Å². The Morgan fingerprint density at radius 2 is 2.24 bits per heavy atom. The average molecular weight is 240 g/mol. The highest BCUT2D eigenvalue weighted by Crippen LogP contribution is 2.39. The monoisotopic (exact) mass is 240 g/mol. The normalized spacial score (nSPS) is 28.7. The molecule has 0 aromatic heterocycles. The highest BCUT2D eigenvalue weighted by atomic mass is 16.3. The molecule has 0 radical (unpaired) electrons. The number of carbonyl (C=O) groups excluding carboxylic acids is 1. The number of hydrogen-bond acceptors (Lipinski definition) is 3. The molecule has 1 unspecified atom stereocenters. The number of carbonyl (C=O) groups is 1. The highest BCUT2D eigenvalue weighted by Gasteiger charge is 2.48. The lowest BCUT2D eigenvalue weighted by atomic mass is 9.75. The number of hydrogen-bond donors (Lipinski definition) is 2. The van der Waals surface area contributed by atoms with E-state index in [0.29, 0.717) is 18.5 Å². The minimum atomic E-state index is -0.238. The van der Waals surface area contributed by atoms with E-state index in [2.05, 4.69) is 19.2 Å². The molecule has 2 rings (SSSR count). The SMILES string of the molecule is CC(C)C1(C(=O)N(CCO)C2CC2)CCNC1. The second-order valence-electron chi connectivity index (χ2n) is 5.69. The molecule has 17 heavy (non-hydrogen) atoms. The van der Waals surface area contributed by atoms with E-state index < -0.39 is 0 Å². The van der Waals surface area contributed by atoms with Gasteiger partial charge in [0.05, 0.1) is 12.0 Å². The molecular formula is C13H24N2O2. The fourth-order valence-corrected chi connectivity index (χ4v) is 2.86. The van der Waals surface area contributed by atoms with Gasteiger partial charge in [0.1, 0.15) is 0 Å². The first-order valence-corrected chi connectivity index (χ1v) is 6.74. The van der Waals surface area contributed by atoms with Crippen LogP contribution in [-0.2, 0) is 4.79 Å². The van der Waals surface area contributed by atoms with Gasteiger partial charge in [0.25, 0.3) is 0 Å². The molecule has 1 saturated carbocycles. The van der Waals surface area contributed by atoms with Crippen molar-refractivity contribution in [3.8, 4) is 0 Å². The number of aliphatic hydroxyl groups is 1. The fourth-order valence-electron chi connectivity index (χ4n) is 2.86. The second-order valence-corrected chi connectivity index (χ2v) is 5.69. The Morgan fingerprint density at radius 1 is 1.53 bits per heavy atom. The zero-order valence-corrected chi connectivity index (χ0v) is 10.9. The van der Waals surface area contributed by atoms with Crippen molar-refractivity contribution >= 4 is 5.91 Å². The lowest BCUT2D eigenvalue weighted by molar-refractivity contribution is -0.145. The Morgan fingerprint density at radius 3 is 2.65 bits per heavy atom. The van der Waals surface area contributed by atoms with Gasteiger partial charge in [-0.25, -0.2) is 0 Å². The van der Waals surface area contributed by atoms with Crippen molar-refractivity contribution in [2.75, 3.05) is 26.2 Å². The zero-order chi connectivity index (χ0) is 12.5. The third-order valence-corrected chi connectivity index (χ3v) is 4.31. The van der Waals surface area contributed by atoms with Crippen LogP contribution in [0, 0.1) is 11.3 Å². The van der Waals surface area contributed by atoms with Crippen LogP contribution in [0.1, 0.15) is 33.1 Å². The second kappa shape index (κ2) is 4.94. The number of rotatable bonds is 5. The van der Waals surface area contributed by atoms with Crippen LogP contribution in [0.4, 0.5) is 0 Å². The maximum Gasteiger partial charge on any atom is 0.230 e. The third-order valence-electron chi connectivity index (χ3n) is 4.31. The summed E-state index contributed by atoms with van der Waals surface area (Å²) in [5.74, 6) is 0.610. The van der Waals surface area contributed by atoms with Crippen molar-refractivity contribution in [2.45, 2.75) is 39.2 Å². The van der Waals surface area contributed by atoms with E-state index in [0.717, 1.165) is 32.4 Å². The Bertz CT molecular complexity index is 281. The maximum atomic E-state index is 12.8. The van der Waals surface area contributed by atoms with Crippen molar-refractivity contribution in [1.82, 2.24) is 10.2 Å². The van der Waals surface area contributed by atoms with Crippen LogP contribution in [0.5, 0.6) is 0 Å². The molecule has 0 bridgehead atoms. The van der Waals surface area contributed by atoms with E-state index in [-0.39, 0.29) is 17.9 Å². The molecule has 4 heteroatoms.